The summed E-state index contributed by atoms with van der Waals surface area (Å²) in [6, 6.07) is 13.3. The SMILES string of the molecule is O=CC1C(c2ccc(F)nc2)=C(c2ccc(CS(=O)O)cc2)Oc2ccc(F)cc21. The molecule has 0 amide bonds. The van der Waals surface area contributed by atoms with Crippen LogP contribution in [0.2, 0.25) is 0 Å². The molecule has 1 aliphatic heterocycles. The van der Waals surface area contributed by atoms with Crippen LogP contribution in [0, 0.1) is 11.8 Å². The lowest BCUT2D eigenvalue weighted by atomic mass is 9.83. The van der Waals surface area contributed by atoms with Crippen LogP contribution >= 0.6 is 0 Å². The molecule has 8 heteroatoms. The molecule has 2 unspecified atom stereocenters. The van der Waals surface area contributed by atoms with Crippen molar-refractivity contribution in [2.75, 3.05) is 0 Å². The lowest BCUT2D eigenvalue weighted by Gasteiger charge is -2.28. The van der Waals surface area contributed by atoms with E-state index < -0.39 is 28.8 Å². The molecule has 0 fully saturated rings. The van der Waals surface area contributed by atoms with E-state index in [2.05, 4.69) is 4.98 Å². The fourth-order valence-electron chi connectivity index (χ4n) is 3.41. The molecule has 3 aromatic rings. The van der Waals surface area contributed by atoms with Crippen molar-refractivity contribution in [3.8, 4) is 5.75 Å². The number of ether oxygens (including phenoxy) is 1. The quantitative estimate of drug-likeness (QED) is 0.373. The maximum Gasteiger partial charge on any atom is 0.212 e. The first-order chi connectivity index (χ1) is 14.5. The Bertz CT molecular complexity index is 1160. The average molecular weight is 427 g/mol. The predicted molar refractivity (Wildman–Crippen MR) is 108 cm³/mol. The summed E-state index contributed by atoms with van der Waals surface area (Å²) < 4.78 is 53.4. The summed E-state index contributed by atoms with van der Waals surface area (Å²) in [4.78, 5) is 15.7. The number of hydrogen-bond acceptors (Lipinski definition) is 4. The summed E-state index contributed by atoms with van der Waals surface area (Å²) in [7, 11) is 0. The maximum atomic E-state index is 13.9. The van der Waals surface area contributed by atoms with Gasteiger partial charge in [-0.05, 0) is 35.9 Å². The van der Waals surface area contributed by atoms with Gasteiger partial charge in [-0.15, -0.1) is 0 Å². The van der Waals surface area contributed by atoms with Crippen molar-refractivity contribution >= 4 is 28.7 Å². The number of carbonyl (C=O) groups excluding carboxylic acids is 1. The first-order valence-electron chi connectivity index (χ1n) is 8.91. The standard InChI is InChI=1S/C22H15F2NO4S/c23-16-6-7-19-17(9-16)18(11-26)21(15-5-8-20(24)25-10-15)22(29-19)14-3-1-13(2-4-14)12-30(27)28/h1-11,18H,12H2,(H,27,28). The van der Waals surface area contributed by atoms with Crippen molar-refractivity contribution in [1.82, 2.24) is 4.98 Å². The van der Waals surface area contributed by atoms with Gasteiger partial charge >= 0.3 is 0 Å². The number of benzene rings is 2. The minimum atomic E-state index is -1.97. The average Bonchev–Trinajstić information content (AvgIpc) is 2.73. The summed E-state index contributed by atoms with van der Waals surface area (Å²) in [5.74, 6) is -1.37. The minimum absolute atomic E-state index is 0.0198. The van der Waals surface area contributed by atoms with Gasteiger partial charge in [-0.2, -0.15) is 4.39 Å². The lowest BCUT2D eigenvalue weighted by Crippen LogP contribution is -2.16. The Balaban J connectivity index is 1.90. The molecule has 2 heterocycles. The molecule has 5 nitrogen and oxygen atoms in total. The minimum Gasteiger partial charge on any atom is -0.456 e. The highest BCUT2D eigenvalue weighted by atomic mass is 32.2. The zero-order valence-electron chi connectivity index (χ0n) is 15.4. The number of aromatic nitrogens is 1. The van der Waals surface area contributed by atoms with E-state index in [1.807, 2.05) is 0 Å². The molecular weight excluding hydrogens is 412 g/mol. The van der Waals surface area contributed by atoms with E-state index in [-0.39, 0.29) is 5.75 Å². The van der Waals surface area contributed by atoms with Crippen molar-refractivity contribution in [2.45, 2.75) is 11.7 Å². The third kappa shape index (κ3) is 3.92. The fourth-order valence-corrected chi connectivity index (χ4v) is 3.89. The van der Waals surface area contributed by atoms with Gasteiger partial charge in [-0.3, -0.25) is 0 Å². The molecule has 30 heavy (non-hydrogen) atoms. The molecule has 1 aromatic heterocycles. The topological polar surface area (TPSA) is 76.5 Å². The van der Waals surface area contributed by atoms with Crippen LogP contribution in [-0.4, -0.2) is 20.0 Å². The molecule has 0 aliphatic carbocycles. The van der Waals surface area contributed by atoms with Gasteiger partial charge in [-0.25, -0.2) is 13.6 Å². The van der Waals surface area contributed by atoms with Crippen LogP contribution in [0.4, 0.5) is 8.78 Å². The molecule has 2 aromatic carbocycles. The molecule has 152 valence electrons. The molecule has 0 radical (unpaired) electrons. The van der Waals surface area contributed by atoms with Crippen molar-refractivity contribution in [2.24, 2.45) is 0 Å². The van der Waals surface area contributed by atoms with E-state index in [4.69, 9.17) is 9.29 Å². The number of rotatable bonds is 5. The molecule has 0 spiro atoms. The lowest BCUT2D eigenvalue weighted by molar-refractivity contribution is -0.108. The van der Waals surface area contributed by atoms with Crippen LogP contribution in [0.3, 0.4) is 0 Å². The van der Waals surface area contributed by atoms with Gasteiger partial charge in [0.15, 0.2) is 11.1 Å². The zero-order chi connectivity index (χ0) is 21.3. The van der Waals surface area contributed by atoms with Gasteiger partial charge in [0, 0.05) is 28.5 Å². The Morgan fingerprint density at radius 2 is 1.80 bits per heavy atom. The Morgan fingerprint density at radius 3 is 2.43 bits per heavy atom. The molecule has 1 aliphatic rings. The monoisotopic (exact) mass is 427 g/mol. The fraction of sp³-hybridized carbons (Fsp3) is 0.0909. The zero-order valence-corrected chi connectivity index (χ0v) is 16.2. The molecule has 0 bridgehead atoms. The molecule has 0 saturated carbocycles. The van der Waals surface area contributed by atoms with Gasteiger partial charge in [0.1, 0.15) is 23.6 Å². The number of carbonyl (C=O) groups is 1. The van der Waals surface area contributed by atoms with Gasteiger partial charge in [0.2, 0.25) is 5.95 Å². The third-order valence-electron chi connectivity index (χ3n) is 4.76. The van der Waals surface area contributed by atoms with Crippen molar-refractivity contribution < 1.29 is 27.1 Å². The van der Waals surface area contributed by atoms with E-state index in [0.29, 0.717) is 45.6 Å². The molecule has 4 rings (SSSR count). The highest BCUT2D eigenvalue weighted by Gasteiger charge is 2.32. The summed E-state index contributed by atoms with van der Waals surface area (Å²) in [6.07, 6.45) is 1.97. The first kappa shape index (κ1) is 20.1. The third-order valence-corrected chi connectivity index (χ3v) is 5.34. The largest absolute Gasteiger partial charge is 0.456 e. The Morgan fingerprint density at radius 1 is 1.07 bits per heavy atom. The second kappa shape index (κ2) is 8.25. The Hall–Kier alpha value is -3.23. The predicted octanol–water partition coefficient (Wildman–Crippen LogP) is 4.32. The first-order valence-corrected chi connectivity index (χ1v) is 10.2. The summed E-state index contributed by atoms with van der Waals surface area (Å²) in [6.45, 7) is 0. The van der Waals surface area contributed by atoms with E-state index in [1.54, 1.807) is 24.3 Å². The highest BCUT2D eigenvalue weighted by Crippen LogP contribution is 2.46. The highest BCUT2D eigenvalue weighted by molar-refractivity contribution is 7.78. The van der Waals surface area contributed by atoms with E-state index in [1.165, 1.54) is 36.5 Å². The molecular formula is C22H15F2NO4S. The van der Waals surface area contributed by atoms with Crippen LogP contribution in [0.25, 0.3) is 11.3 Å². The van der Waals surface area contributed by atoms with Gasteiger partial charge in [0.05, 0.1) is 11.7 Å². The van der Waals surface area contributed by atoms with Crippen LogP contribution in [0.5, 0.6) is 5.75 Å². The van der Waals surface area contributed by atoms with Crippen molar-refractivity contribution in [3.63, 3.8) is 0 Å². The van der Waals surface area contributed by atoms with Crippen molar-refractivity contribution in [1.29, 1.82) is 0 Å². The van der Waals surface area contributed by atoms with Gasteiger partial charge in [0.25, 0.3) is 0 Å². The number of fused-ring (bicyclic) bond motifs is 1. The summed E-state index contributed by atoms with van der Waals surface area (Å²) >= 11 is -1.97. The van der Waals surface area contributed by atoms with E-state index >= 15 is 0 Å². The van der Waals surface area contributed by atoms with E-state index in [9.17, 15) is 17.8 Å². The summed E-state index contributed by atoms with van der Waals surface area (Å²) in [5.41, 5.74) is 2.49. The van der Waals surface area contributed by atoms with E-state index in [0.717, 1.165) is 0 Å². The van der Waals surface area contributed by atoms with Crippen LogP contribution in [0.1, 0.15) is 28.2 Å². The number of allylic oxidation sites excluding steroid dienone is 1. The second-order valence-electron chi connectivity index (χ2n) is 6.67. The number of hydrogen-bond donors (Lipinski definition) is 1. The Kier molecular flexibility index (Phi) is 5.52. The number of halogens is 2. The molecule has 2 atom stereocenters. The number of pyridine rings is 1. The van der Waals surface area contributed by atoms with Crippen LogP contribution in [0.15, 0.2) is 60.8 Å². The molecule has 1 N–H and O–H groups in total. The normalized spacial score (nSPS) is 16.6. The summed E-state index contributed by atoms with van der Waals surface area (Å²) in [5, 5.41) is 0. The second-order valence-corrected chi connectivity index (χ2v) is 7.60. The van der Waals surface area contributed by atoms with Crippen LogP contribution in [-0.2, 0) is 21.6 Å². The smallest absolute Gasteiger partial charge is 0.212 e. The van der Waals surface area contributed by atoms with Crippen molar-refractivity contribution in [3.05, 3.63) is 94.8 Å². The van der Waals surface area contributed by atoms with Gasteiger partial charge in [-0.1, -0.05) is 24.3 Å². The maximum absolute atomic E-state index is 13.9. The van der Waals surface area contributed by atoms with Crippen LogP contribution < -0.4 is 4.74 Å². The number of nitrogens with zero attached hydrogens (tertiary/aromatic N) is 1. The molecule has 0 saturated heterocycles. The number of aldehydes is 1. The Labute approximate surface area is 173 Å². The van der Waals surface area contributed by atoms with Gasteiger partial charge < -0.3 is 14.1 Å².